The lowest BCUT2D eigenvalue weighted by atomic mass is 10.2. The van der Waals surface area contributed by atoms with E-state index in [1.165, 1.54) is 6.07 Å². The Morgan fingerprint density at radius 2 is 2.33 bits per heavy atom. The number of benzene rings is 1. The summed E-state index contributed by atoms with van der Waals surface area (Å²) in [5.74, 6) is -0.219. The standard InChI is InChI=1S/C12H11ClFNO2S/c13-8-5-9(14)10(15-7-18)6-11(8)17-12-3-1-2-4-16-12/h5-6,12H,1-4H2. The van der Waals surface area contributed by atoms with Gasteiger partial charge in [0, 0.05) is 12.5 Å². The third-order valence-electron chi connectivity index (χ3n) is 2.56. The second-order valence-corrected chi connectivity index (χ2v) is 4.44. The van der Waals surface area contributed by atoms with Gasteiger partial charge in [0.05, 0.1) is 16.8 Å². The highest BCUT2D eigenvalue weighted by Crippen LogP contribution is 2.33. The lowest BCUT2D eigenvalue weighted by molar-refractivity contribution is -0.105. The predicted octanol–water partition coefficient (Wildman–Crippen LogP) is 4.12. The minimum absolute atomic E-state index is 0.0557. The lowest BCUT2D eigenvalue weighted by Gasteiger charge is -2.24. The molecule has 0 radical (unpaired) electrons. The Morgan fingerprint density at radius 3 is 3.00 bits per heavy atom. The number of thiocarbonyl (C=S) groups is 1. The first-order valence-corrected chi connectivity index (χ1v) is 6.34. The van der Waals surface area contributed by atoms with Gasteiger partial charge in [0.25, 0.3) is 0 Å². The molecular formula is C12H11ClFNO2S. The summed E-state index contributed by atoms with van der Waals surface area (Å²) in [6.07, 6.45) is 2.51. The molecule has 1 fully saturated rings. The van der Waals surface area contributed by atoms with Crippen LogP contribution in [0.4, 0.5) is 10.1 Å². The summed E-state index contributed by atoms with van der Waals surface area (Å²) in [5, 5.41) is 2.30. The van der Waals surface area contributed by atoms with Crippen molar-refractivity contribution in [1.29, 1.82) is 0 Å². The molecule has 0 saturated carbocycles. The van der Waals surface area contributed by atoms with Gasteiger partial charge in [-0.25, -0.2) is 4.39 Å². The largest absolute Gasteiger partial charge is 0.463 e. The molecule has 1 aliphatic heterocycles. The van der Waals surface area contributed by atoms with Crippen molar-refractivity contribution in [1.82, 2.24) is 0 Å². The first-order chi connectivity index (χ1) is 8.70. The lowest BCUT2D eigenvalue weighted by Crippen LogP contribution is -2.25. The molecule has 1 heterocycles. The van der Waals surface area contributed by atoms with Gasteiger partial charge in [0.2, 0.25) is 0 Å². The van der Waals surface area contributed by atoms with Gasteiger partial charge in [-0.05, 0) is 31.1 Å². The maximum Gasteiger partial charge on any atom is 0.199 e. The number of aliphatic imine (C=N–C) groups is 1. The number of hydrogen-bond donors (Lipinski definition) is 0. The number of hydrogen-bond acceptors (Lipinski definition) is 4. The molecule has 1 aliphatic rings. The zero-order valence-corrected chi connectivity index (χ0v) is 11.1. The Balaban J connectivity index is 2.20. The van der Waals surface area contributed by atoms with Crippen molar-refractivity contribution < 1.29 is 13.9 Å². The van der Waals surface area contributed by atoms with Crippen LogP contribution in [0.15, 0.2) is 17.1 Å². The SMILES string of the molecule is Fc1cc(Cl)c(OC2CCCCO2)cc1N=C=S. The van der Waals surface area contributed by atoms with Crippen LogP contribution >= 0.6 is 23.8 Å². The Bertz CT molecular complexity index is 485. The highest BCUT2D eigenvalue weighted by Gasteiger charge is 2.18. The van der Waals surface area contributed by atoms with Crippen molar-refractivity contribution in [3.63, 3.8) is 0 Å². The summed E-state index contributed by atoms with van der Waals surface area (Å²) in [6.45, 7) is 0.661. The zero-order chi connectivity index (χ0) is 13.0. The van der Waals surface area contributed by atoms with Crippen LogP contribution in [0.3, 0.4) is 0 Å². The minimum Gasteiger partial charge on any atom is -0.463 e. The molecule has 0 aliphatic carbocycles. The van der Waals surface area contributed by atoms with Gasteiger partial charge in [-0.15, -0.1) is 0 Å². The predicted molar refractivity (Wildman–Crippen MR) is 70.3 cm³/mol. The van der Waals surface area contributed by atoms with Crippen LogP contribution < -0.4 is 4.74 Å². The highest BCUT2D eigenvalue weighted by molar-refractivity contribution is 7.78. The summed E-state index contributed by atoms with van der Waals surface area (Å²) in [4.78, 5) is 3.61. The fourth-order valence-electron chi connectivity index (χ4n) is 1.69. The maximum absolute atomic E-state index is 13.4. The number of ether oxygens (including phenoxy) is 2. The van der Waals surface area contributed by atoms with Crippen LogP contribution in [0.25, 0.3) is 0 Å². The van der Waals surface area contributed by atoms with Crippen molar-refractivity contribution in [3.8, 4) is 5.75 Å². The van der Waals surface area contributed by atoms with Gasteiger partial charge in [-0.2, -0.15) is 4.99 Å². The highest BCUT2D eigenvalue weighted by atomic mass is 35.5. The van der Waals surface area contributed by atoms with E-state index >= 15 is 0 Å². The van der Waals surface area contributed by atoms with Gasteiger partial charge < -0.3 is 9.47 Å². The summed E-state index contributed by atoms with van der Waals surface area (Å²) in [6, 6.07) is 2.54. The third kappa shape index (κ3) is 3.27. The van der Waals surface area contributed by atoms with E-state index in [0.29, 0.717) is 12.4 Å². The van der Waals surface area contributed by atoms with E-state index < -0.39 is 5.82 Å². The molecule has 18 heavy (non-hydrogen) atoms. The number of rotatable bonds is 3. The van der Waals surface area contributed by atoms with Crippen molar-refractivity contribution >= 4 is 34.7 Å². The Kier molecular flexibility index (Phi) is 4.66. The Hall–Kier alpha value is -1.00. The van der Waals surface area contributed by atoms with Crippen LogP contribution in [0.1, 0.15) is 19.3 Å². The molecule has 2 rings (SSSR count). The number of halogens is 2. The van der Waals surface area contributed by atoms with E-state index in [1.54, 1.807) is 0 Å². The van der Waals surface area contributed by atoms with Crippen LogP contribution in [-0.2, 0) is 4.74 Å². The molecule has 1 atom stereocenters. The van der Waals surface area contributed by atoms with Gasteiger partial charge in [0.1, 0.15) is 11.4 Å². The maximum atomic E-state index is 13.4. The van der Waals surface area contributed by atoms with Crippen molar-refractivity contribution in [2.75, 3.05) is 6.61 Å². The number of nitrogens with zero attached hydrogens (tertiary/aromatic N) is 1. The third-order valence-corrected chi connectivity index (χ3v) is 2.95. The van der Waals surface area contributed by atoms with Crippen LogP contribution in [0, 0.1) is 5.82 Å². The molecule has 0 bridgehead atoms. The Labute approximate surface area is 115 Å². The van der Waals surface area contributed by atoms with Crippen molar-refractivity contribution in [2.45, 2.75) is 25.6 Å². The smallest absolute Gasteiger partial charge is 0.199 e. The second-order valence-electron chi connectivity index (χ2n) is 3.85. The normalized spacial score (nSPS) is 19.1. The zero-order valence-electron chi connectivity index (χ0n) is 9.49. The average molecular weight is 288 g/mol. The molecule has 0 N–H and O–H groups in total. The van der Waals surface area contributed by atoms with Gasteiger partial charge in [-0.1, -0.05) is 11.6 Å². The monoisotopic (exact) mass is 287 g/mol. The van der Waals surface area contributed by atoms with E-state index in [-0.39, 0.29) is 17.0 Å². The quantitative estimate of drug-likeness (QED) is 0.619. The van der Waals surface area contributed by atoms with E-state index in [2.05, 4.69) is 22.4 Å². The summed E-state index contributed by atoms with van der Waals surface area (Å²) in [7, 11) is 0. The molecule has 1 aromatic carbocycles. The molecule has 1 aromatic rings. The molecule has 96 valence electrons. The van der Waals surface area contributed by atoms with E-state index in [9.17, 15) is 4.39 Å². The average Bonchev–Trinajstić information content (AvgIpc) is 2.37. The molecule has 0 spiro atoms. The van der Waals surface area contributed by atoms with Crippen molar-refractivity contribution in [2.24, 2.45) is 4.99 Å². The fourth-order valence-corrected chi connectivity index (χ4v) is 1.98. The minimum atomic E-state index is -0.561. The van der Waals surface area contributed by atoms with Crippen molar-refractivity contribution in [3.05, 3.63) is 23.0 Å². The summed E-state index contributed by atoms with van der Waals surface area (Å²) >= 11 is 10.4. The second kappa shape index (κ2) is 6.25. The Morgan fingerprint density at radius 1 is 1.50 bits per heavy atom. The first-order valence-electron chi connectivity index (χ1n) is 5.56. The van der Waals surface area contributed by atoms with E-state index in [4.69, 9.17) is 21.1 Å². The number of isothiocyanates is 1. The first kappa shape index (κ1) is 13.4. The van der Waals surface area contributed by atoms with E-state index in [1.807, 2.05) is 0 Å². The van der Waals surface area contributed by atoms with Gasteiger partial charge >= 0.3 is 0 Å². The fraction of sp³-hybridized carbons (Fsp3) is 0.417. The van der Waals surface area contributed by atoms with Gasteiger partial charge in [-0.3, -0.25) is 0 Å². The molecular weight excluding hydrogens is 277 g/mol. The van der Waals surface area contributed by atoms with Crippen LogP contribution in [0.2, 0.25) is 5.02 Å². The van der Waals surface area contributed by atoms with Crippen LogP contribution in [-0.4, -0.2) is 18.1 Å². The molecule has 3 nitrogen and oxygen atoms in total. The molecule has 1 unspecified atom stereocenters. The summed E-state index contributed by atoms with van der Waals surface area (Å²) in [5.41, 5.74) is 0.0557. The van der Waals surface area contributed by atoms with Gasteiger partial charge in [0.15, 0.2) is 12.1 Å². The van der Waals surface area contributed by atoms with E-state index in [0.717, 1.165) is 25.3 Å². The summed E-state index contributed by atoms with van der Waals surface area (Å²) < 4.78 is 24.5. The molecule has 1 saturated heterocycles. The topological polar surface area (TPSA) is 30.8 Å². The molecule has 6 heteroatoms. The molecule has 0 aromatic heterocycles. The van der Waals surface area contributed by atoms with Crippen LogP contribution in [0.5, 0.6) is 5.75 Å². The molecule has 0 amide bonds.